The predicted molar refractivity (Wildman–Crippen MR) is 52.9 cm³/mol. The average molecular weight is 230 g/mol. The van der Waals surface area contributed by atoms with Crippen LogP contribution in [0.4, 0.5) is 9.18 Å². The van der Waals surface area contributed by atoms with Crippen LogP contribution in [0.15, 0.2) is 15.8 Å². The van der Waals surface area contributed by atoms with E-state index < -0.39 is 28.8 Å². The van der Waals surface area contributed by atoms with Crippen molar-refractivity contribution >= 4 is 6.09 Å². The molecule has 1 N–H and O–H groups in total. The maximum absolute atomic E-state index is 12.8. The van der Waals surface area contributed by atoms with Gasteiger partial charge in [0.2, 0.25) is 5.82 Å². The molecule has 6 nitrogen and oxygen atoms in total. The molecule has 0 bridgehead atoms. The molecule has 1 aromatic rings. The number of H-pyrrole nitrogens is 1. The third kappa shape index (κ3) is 2.78. The van der Waals surface area contributed by atoms with Gasteiger partial charge in [-0.15, -0.1) is 0 Å². The van der Waals surface area contributed by atoms with Crippen molar-refractivity contribution in [2.24, 2.45) is 0 Å². The summed E-state index contributed by atoms with van der Waals surface area (Å²) in [5.41, 5.74) is -3.03. The Morgan fingerprint density at radius 1 is 1.44 bits per heavy atom. The lowest BCUT2D eigenvalue weighted by molar-refractivity contribution is 0.0526. The third-order valence-electron chi connectivity index (χ3n) is 1.49. The normalized spacial score (nSPS) is 11.2. The third-order valence-corrected chi connectivity index (χ3v) is 1.49. The zero-order valence-corrected chi connectivity index (χ0v) is 9.04. The van der Waals surface area contributed by atoms with Crippen LogP contribution < -0.4 is 11.2 Å². The topological polar surface area (TPSA) is 81.2 Å². The summed E-state index contributed by atoms with van der Waals surface area (Å²) in [6.45, 7) is 4.79. The van der Waals surface area contributed by atoms with Gasteiger partial charge in [0.25, 0.3) is 5.56 Å². The van der Waals surface area contributed by atoms with E-state index in [0.717, 1.165) is 0 Å². The summed E-state index contributed by atoms with van der Waals surface area (Å²) in [5, 5.41) is 0. The van der Waals surface area contributed by atoms with E-state index in [2.05, 4.69) is 0 Å². The van der Waals surface area contributed by atoms with Gasteiger partial charge in [0.1, 0.15) is 5.60 Å². The lowest BCUT2D eigenvalue weighted by Gasteiger charge is -2.19. The van der Waals surface area contributed by atoms with Crippen molar-refractivity contribution in [1.82, 2.24) is 9.55 Å². The number of ether oxygens (including phenoxy) is 1. The highest BCUT2D eigenvalue weighted by atomic mass is 19.1. The van der Waals surface area contributed by atoms with Gasteiger partial charge in [-0.1, -0.05) is 0 Å². The molecule has 0 spiro atoms. The molecule has 0 aromatic carbocycles. The molecule has 0 saturated heterocycles. The molecule has 1 heterocycles. The largest absolute Gasteiger partial charge is 0.443 e. The SMILES string of the molecule is CC(C)(C)OC(=O)n1cc(F)c(=O)[nH]c1=O. The number of aromatic nitrogens is 2. The highest BCUT2D eigenvalue weighted by molar-refractivity contribution is 5.70. The van der Waals surface area contributed by atoms with Crippen molar-refractivity contribution in [2.75, 3.05) is 0 Å². The van der Waals surface area contributed by atoms with Crippen LogP contribution >= 0.6 is 0 Å². The monoisotopic (exact) mass is 230 g/mol. The van der Waals surface area contributed by atoms with Crippen molar-refractivity contribution in [3.05, 3.63) is 32.9 Å². The first kappa shape index (κ1) is 12.2. The Balaban J connectivity index is 3.15. The molecule has 0 fully saturated rings. The van der Waals surface area contributed by atoms with Crippen LogP contribution in [0.1, 0.15) is 20.8 Å². The fraction of sp³-hybridized carbons (Fsp3) is 0.444. The molecule has 16 heavy (non-hydrogen) atoms. The Kier molecular flexibility index (Phi) is 2.97. The van der Waals surface area contributed by atoms with Gasteiger partial charge in [-0.2, -0.15) is 4.39 Å². The highest BCUT2D eigenvalue weighted by Gasteiger charge is 2.19. The minimum absolute atomic E-state index is 0.363. The minimum Gasteiger partial charge on any atom is -0.443 e. The van der Waals surface area contributed by atoms with E-state index in [4.69, 9.17) is 4.74 Å². The predicted octanol–water partition coefficient (Wildman–Crippen LogP) is 0.459. The van der Waals surface area contributed by atoms with Crippen molar-refractivity contribution < 1.29 is 13.9 Å². The Hall–Kier alpha value is -1.92. The van der Waals surface area contributed by atoms with Crippen molar-refractivity contribution in [2.45, 2.75) is 26.4 Å². The first-order valence-corrected chi connectivity index (χ1v) is 4.45. The second-order valence-corrected chi connectivity index (χ2v) is 4.09. The smallest absolute Gasteiger partial charge is 0.422 e. The van der Waals surface area contributed by atoms with E-state index in [-0.39, 0.29) is 0 Å². The Morgan fingerprint density at radius 3 is 2.50 bits per heavy atom. The summed E-state index contributed by atoms with van der Waals surface area (Å²) < 4.78 is 18.0. The molecule has 0 saturated carbocycles. The van der Waals surface area contributed by atoms with E-state index in [1.165, 1.54) is 0 Å². The summed E-state index contributed by atoms with van der Waals surface area (Å²) in [6, 6.07) is 0. The summed E-state index contributed by atoms with van der Waals surface area (Å²) >= 11 is 0. The Morgan fingerprint density at radius 2 is 2.00 bits per heavy atom. The molecular weight excluding hydrogens is 219 g/mol. The van der Waals surface area contributed by atoms with Crippen molar-refractivity contribution in [1.29, 1.82) is 0 Å². The maximum Gasteiger partial charge on any atom is 0.422 e. The van der Waals surface area contributed by atoms with Gasteiger partial charge in [0, 0.05) is 0 Å². The molecule has 88 valence electrons. The van der Waals surface area contributed by atoms with Gasteiger partial charge in [-0.25, -0.2) is 14.2 Å². The number of nitrogens with one attached hydrogen (secondary N) is 1. The zero-order valence-electron chi connectivity index (χ0n) is 9.04. The van der Waals surface area contributed by atoms with Crippen LogP contribution in [-0.4, -0.2) is 21.2 Å². The van der Waals surface area contributed by atoms with Crippen LogP contribution in [0.25, 0.3) is 0 Å². The van der Waals surface area contributed by atoms with E-state index in [1.54, 1.807) is 25.8 Å². The Bertz CT molecular complexity index is 524. The lowest BCUT2D eigenvalue weighted by atomic mass is 10.2. The van der Waals surface area contributed by atoms with E-state index >= 15 is 0 Å². The quantitative estimate of drug-likeness (QED) is 0.702. The zero-order chi connectivity index (χ0) is 12.5. The van der Waals surface area contributed by atoms with Crippen molar-refractivity contribution in [3.8, 4) is 0 Å². The van der Waals surface area contributed by atoms with Gasteiger partial charge in [0.05, 0.1) is 6.20 Å². The first-order valence-electron chi connectivity index (χ1n) is 4.45. The van der Waals surface area contributed by atoms with Crippen LogP contribution in [0.3, 0.4) is 0 Å². The molecule has 0 unspecified atom stereocenters. The van der Waals surface area contributed by atoms with Gasteiger partial charge in [0.15, 0.2) is 0 Å². The Labute approximate surface area is 89.7 Å². The number of hydrogen-bond donors (Lipinski definition) is 1. The summed E-state index contributed by atoms with van der Waals surface area (Å²) in [4.78, 5) is 34.9. The number of halogens is 1. The fourth-order valence-corrected chi connectivity index (χ4v) is 0.894. The average Bonchev–Trinajstić information content (AvgIpc) is 2.08. The maximum atomic E-state index is 12.8. The molecule has 0 aliphatic carbocycles. The number of carbonyl (C=O) groups excluding carboxylic acids is 1. The van der Waals surface area contributed by atoms with E-state index in [1.807, 2.05) is 0 Å². The minimum atomic E-state index is -1.23. The number of nitrogens with zero attached hydrogens (tertiary/aromatic N) is 1. The molecule has 0 aliphatic heterocycles. The number of hydrogen-bond acceptors (Lipinski definition) is 4. The van der Waals surface area contributed by atoms with Crippen LogP contribution in [0.5, 0.6) is 0 Å². The van der Waals surface area contributed by atoms with Gasteiger partial charge < -0.3 is 4.74 Å². The summed E-state index contributed by atoms with van der Waals surface area (Å²) in [5.74, 6) is -1.23. The molecule has 0 radical (unpaired) electrons. The second kappa shape index (κ2) is 3.92. The van der Waals surface area contributed by atoms with Gasteiger partial charge >= 0.3 is 11.8 Å². The van der Waals surface area contributed by atoms with Crippen molar-refractivity contribution in [3.63, 3.8) is 0 Å². The van der Waals surface area contributed by atoms with E-state index in [9.17, 15) is 18.8 Å². The molecule has 1 rings (SSSR count). The van der Waals surface area contributed by atoms with Gasteiger partial charge in [-0.05, 0) is 20.8 Å². The molecule has 0 aliphatic rings. The van der Waals surface area contributed by atoms with E-state index in [0.29, 0.717) is 10.8 Å². The molecule has 7 heteroatoms. The van der Waals surface area contributed by atoms with Gasteiger partial charge in [-0.3, -0.25) is 9.78 Å². The molecular formula is C9H11FN2O4. The lowest BCUT2D eigenvalue weighted by Crippen LogP contribution is -2.38. The number of aromatic amines is 1. The number of rotatable bonds is 0. The second-order valence-electron chi connectivity index (χ2n) is 4.09. The highest BCUT2D eigenvalue weighted by Crippen LogP contribution is 2.07. The number of carbonyl (C=O) groups is 1. The van der Waals surface area contributed by atoms with Crippen LogP contribution in [0, 0.1) is 5.82 Å². The standard InChI is InChI=1S/C9H11FN2O4/c1-9(2,3)16-8(15)12-4-5(10)6(13)11-7(12)14/h4H,1-3H3,(H,11,13,14). The fourth-order valence-electron chi connectivity index (χ4n) is 0.894. The van der Waals surface area contributed by atoms with Crippen LogP contribution in [-0.2, 0) is 4.74 Å². The molecule has 0 atom stereocenters. The summed E-state index contributed by atoms with van der Waals surface area (Å²) in [6.07, 6.45) is -0.553. The van der Waals surface area contributed by atoms with Crippen LogP contribution in [0.2, 0.25) is 0 Å². The molecule has 1 aromatic heterocycles. The molecule has 0 amide bonds. The summed E-state index contributed by atoms with van der Waals surface area (Å²) in [7, 11) is 0. The first-order chi connectivity index (χ1) is 7.20.